The van der Waals surface area contributed by atoms with Crippen LogP contribution in [0, 0.1) is 6.92 Å². The number of anilines is 1. The minimum Gasteiger partial charge on any atom is -0.491 e. The largest absolute Gasteiger partial charge is 0.491 e. The molecule has 0 bridgehead atoms. The van der Waals surface area contributed by atoms with Crippen LogP contribution in [0.25, 0.3) is 0 Å². The fourth-order valence-corrected chi connectivity index (χ4v) is 3.78. The van der Waals surface area contributed by atoms with Gasteiger partial charge >= 0.3 is 6.03 Å². The summed E-state index contributed by atoms with van der Waals surface area (Å²) in [6, 6.07) is 8.79. The van der Waals surface area contributed by atoms with Gasteiger partial charge in [0.1, 0.15) is 24.4 Å². The fraction of sp³-hybridized carbons (Fsp3) is 0.400. The Hall–Kier alpha value is -3.14. The van der Waals surface area contributed by atoms with Gasteiger partial charge in [-0.3, -0.25) is 9.59 Å². The molecule has 0 saturated carbocycles. The number of benzene rings is 2. The summed E-state index contributed by atoms with van der Waals surface area (Å²) in [7, 11) is 1.39. The topological polar surface area (TPSA) is 117 Å². The minimum atomic E-state index is -1.22. The molecule has 3 rings (SSSR count). The molecule has 3 atom stereocenters. The number of aryl methyl sites for hydroxylation is 1. The lowest BCUT2D eigenvalue weighted by Gasteiger charge is -2.28. The Bertz CT molecular complexity index is 1030. The molecule has 0 aromatic heterocycles. The fourth-order valence-electron chi connectivity index (χ4n) is 3.50. The van der Waals surface area contributed by atoms with Crippen LogP contribution in [0.4, 0.5) is 10.5 Å². The number of aliphatic hydroxyl groups is 1. The van der Waals surface area contributed by atoms with Crippen molar-refractivity contribution >= 4 is 35.1 Å². The Balaban J connectivity index is 0.00000210. The van der Waals surface area contributed by atoms with E-state index in [4.69, 9.17) is 26.2 Å². The average molecular weight is 506 g/mol. The van der Waals surface area contributed by atoms with Crippen LogP contribution in [-0.4, -0.2) is 60.3 Å². The first-order valence-electron chi connectivity index (χ1n) is 11.3. The minimum absolute atomic E-state index is 0.122. The SMILES string of the molecule is CC.COC(C)[C@@H](C(=O)Nc1ccc(C)cc1Cl)N1C(=O)N[C@H](c2ccc(OCCO)cc2)C1=O. The molecule has 35 heavy (non-hydrogen) atoms. The van der Waals surface area contributed by atoms with E-state index >= 15 is 0 Å². The second-order valence-corrected chi connectivity index (χ2v) is 8.00. The van der Waals surface area contributed by atoms with Gasteiger partial charge in [-0.05, 0) is 49.2 Å². The number of nitrogens with zero attached hydrogens (tertiary/aromatic N) is 1. The van der Waals surface area contributed by atoms with Crippen LogP contribution in [-0.2, 0) is 14.3 Å². The van der Waals surface area contributed by atoms with E-state index in [1.54, 1.807) is 49.4 Å². The van der Waals surface area contributed by atoms with E-state index in [0.717, 1.165) is 10.5 Å². The number of ether oxygens (including phenoxy) is 2. The molecule has 10 heteroatoms. The van der Waals surface area contributed by atoms with E-state index in [1.165, 1.54) is 7.11 Å². The van der Waals surface area contributed by atoms with Crippen molar-refractivity contribution in [3.63, 3.8) is 0 Å². The quantitative estimate of drug-likeness (QED) is 0.447. The monoisotopic (exact) mass is 505 g/mol. The lowest BCUT2D eigenvalue weighted by atomic mass is 10.0. The third kappa shape index (κ3) is 6.72. The van der Waals surface area contributed by atoms with Crippen molar-refractivity contribution in [1.29, 1.82) is 0 Å². The van der Waals surface area contributed by atoms with Gasteiger partial charge in [-0.2, -0.15) is 0 Å². The van der Waals surface area contributed by atoms with Gasteiger partial charge in [0.05, 0.1) is 23.4 Å². The van der Waals surface area contributed by atoms with Crippen LogP contribution < -0.4 is 15.4 Å². The Morgan fingerprint density at radius 3 is 2.43 bits per heavy atom. The number of carbonyl (C=O) groups excluding carboxylic acids is 3. The number of carbonyl (C=O) groups is 3. The molecule has 190 valence electrons. The highest BCUT2D eigenvalue weighted by Gasteiger charge is 2.47. The standard InChI is InChI=1S/C23H26ClN3O6.C2H6/c1-13-4-9-18(17(24)12-13)25-21(29)20(14(2)32-3)27-22(30)19(26-23(27)31)15-5-7-16(8-6-15)33-11-10-28;1-2/h4-9,12,14,19-20,28H,10-11H2,1-3H3,(H,25,29)(H,26,31);1-2H3/t14?,19-,20+;/m1./s1. The number of amides is 4. The lowest BCUT2D eigenvalue weighted by Crippen LogP contribution is -2.53. The molecule has 1 saturated heterocycles. The van der Waals surface area contributed by atoms with Gasteiger partial charge in [0.2, 0.25) is 5.91 Å². The number of urea groups is 1. The van der Waals surface area contributed by atoms with Crippen LogP contribution in [0.1, 0.15) is 37.9 Å². The Morgan fingerprint density at radius 1 is 1.20 bits per heavy atom. The molecule has 1 heterocycles. The molecule has 4 amide bonds. The smallest absolute Gasteiger partial charge is 0.325 e. The van der Waals surface area contributed by atoms with Gasteiger partial charge in [-0.15, -0.1) is 0 Å². The number of rotatable bonds is 9. The molecule has 0 radical (unpaired) electrons. The second kappa shape index (κ2) is 13.1. The number of nitrogens with one attached hydrogen (secondary N) is 2. The number of hydrogen-bond acceptors (Lipinski definition) is 6. The molecule has 1 aliphatic rings. The first-order chi connectivity index (χ1) is 16.8. The van der Waals surface area contributed by atoms with E-state index in [0.29, 0.717) is 22.0 Å². The summed E-state index contributed by atoms with van der Waals surface area (Å²) in [6.45, 7) is 7.49. The van der Waals surface area contributed by atoms with E-state index in [2.05, 4.69) is 10.6 Å². The number of imide groups is 1. The van der Waals surface area contributed by atoms with Crippen LogP contribution in [0.3, 0.4) is 0 Å². The van der Waals surface area contributed by atoms with E-state index in [-0.39, 0.29) is 13.2 Å². The van der Waals surface area contributed by atoms with Crippen molar-refractivity contribution in [1.82, 2.24) is 10.2 Å². The van der Waals surface area contributed by atoms with Crippen LogP contribution >= 0.6 is 11.6 Å². The molecule has 0 aliphatic carbocycles. The molecular weight excluding hydrogens is 474 g/mol. The summed E-state index contributed by atoms with van der Waals surface area (Å²) in [5.74, 6) is -0.670. The second-order valence-electron chi connectivity index (χ2n) is 7.59. The zero-order valence-electron chi connectivity index (χ0n) is 20.5. The third-order valence-corrected chi connectivity index (χ3v) is 5.60. The number of hydrogen-bond donors (Lipinski definition) is 3. The van der Waals surface area contributed by atoms with Crippen molar-refractivity contribution in [2.45, 2.75) is 45.9 Å². The maximum absolute atomic E-state index is 13.2. The number of methoxy groups -OCH3 is 1. The molecule has 1 unspecified atom stereocenters. The van der Waals surface area contributed by atoms with Gasteiger partial charge < -0.3 is 25.2 Å². The highest BCUT2D eigenvalue weighted by Crippen LogP contribution is 2.28. The summed E-state index contributed by atoms with van der Waals surface area (Å²) >= 11 is 6.23. The van der Waals surface area contributed by atoms with Crippen molar-refractivity contribution in [3.05, 3.63) is 58.6 Å². The lowest BCUT2D eigenvalue weighted by molar-refractivity contribution is -0.137. The third-order valence-electron chi connectivity index (χ3n) is 5.29. The van der Waals surface area contributed by atoms with Crippen molar-refractivity contribution in [3.8, 4) is 5.75 Å². The molecule has 1 fully saturated rings. The van der Waals surface area contributed by atoms with Gasteiger partial charge in [0.15, 0.2) is 0 Å². The average Bonchev–Trinajstić information content (AvgIpc) is 3.15. The maximum atomic E-state index is 13.2. The van der Waals surface area contributed by atoms with E-state index in [1.807, 2.05) is 20.8 Å². The predicted molar refractivity (Wildman–Crippen MR) is 134 cm³/mol. The zero-order chi connectivity index (χ0) is 26.1. The van der Waals surface area contributed by atoms with Gasteiger partial charge in [-0.1, -0.05) is 43.6 Å². The summed E-state index contributed by atoms with van der Waals surface area (Å²) in [4.78, 5) is 40.0. The van der Waals surface area contributed by atoms with E-state index < -0.39 is 36.0 Å². The van der Waals surface area contributed by atoms with Gasteiger partial charge in [-0.25, -0.2) is 9.69 Å². The summed E-state index contributed by atoms with van der Waals surface area (Å²) in [5.41, 5.74) is 1.81. The number of halogens is 1. The maximum Gasteiger partial charge on any atom is 0.325 e. The Kier molecular flexibility index (Phi) is 10.5. The van der Waals surface area contributed by atoms with E-state index in [9.17, 15) is 14.4 Å². The molecule has 1 aliphatic heterocycles. The highest BCUT2D eigenvalue weighted by atomic mass is 35.5. The predicted octanol–water partition coefficient (Wildman–Crippen LogP) is 3.68. The van der Waals surface area contributed by atoms with Crippen LogP contribution in [0.2, 0.25) is 5.02 Å². The molecular formula is C25H32ClN3O6. The summed E-state index contributed by atoms with van der Waals surface area (Å²) < 4.78 is 10.6. The highest BCUT2D eigenvalue weighted by molar-refractivity contribution is 6.33. The molecule has 2 aromatic carbocycles. The first kappa shape index (κ1) is 28.1. The normalized spacial score (nSPS) is 16.7. The molecule has 0 spiro atoms. The van der Waals surface area contributed by atoms with Crippen molar-refractivity contribution in [2.24, 2.45) is 0 Å². The molecule has 3 N–H and O–H groups in total. The summed E-state index contributed by atoms with van der Waals surface area (Å²) in [6.07, 6.45) is -0.781. The Morgan fingerprint density at radius 2 is 1.86 bits per heavy atom. The van der Waals surface area contributed by atoms with Gasteiger partial charge in [0, 0.05) is 7.11 Å². The number of aliphatic hydroxyl groups excluding tert-OH is 1. The van der Waals surface area contributed by atoms with Crippen LogP contribution in [0.5, 0.6) is 5.75 Å². The zero-order valence-corrected chi connectivity index (χ0v) is 21.3. The molecule has 9 nitrogen and oxygen atoms in total. The summed E-state index contributed by atoms with van der Waals surface area (Å²) in [5, 5.41) is 14.5. The Labute approximate surface area is 210 Å². The van der Waals surface area contributed by atoms with Crippen molar-refractivity contribution < 1.29 is 29.0 Å². The molecule has 2 aromatic rings. The first-order valence-corrected chi connectivity index (χ1v) is 11.7. The van der Waals surface area contributed by atoms with Crippen molar-refractivity contribution in [2.75, 3.05) is 25.6 Å². The van der Waals surface area contributed by atoms with Crippen LogP contribution in [0.15, 0.2) is 42.5 Å². The van der Waals surface area contributed by atoms with Gasteiger partial charge in [0.25, 0.3) is 5.91 Å².